The summed E-state index contributed by atoms with van der Waals surface area (Å²) >= 11 is 0. The maximum absolute atomic E-state index is 12.5. The zero-order valence-corrected chi connectivity index (χ0v) is 17.7. The Morgan fingerprint density at radius 3 is 2.50 bits per heavy atom. The Hall–Kier alpha value is -2.25. The number of aromatic nitrogens is 3. The van der Waals surface area contributed by atoms with Crippen LogP contribution in [0.4, 0.5) is 0 Å². The average Bonchev–Trinajstić information content (AvgIpc) is 3.05. The first-order chi connectivity index (χ1) is 14.6. The molecule has 2 aliphatic rings. The Morgan fingerprint density at radius 1 is 1.10 bits per heavy atom. The van der Waals surface area contributed by atoms with Crippen LogP contribution in [0.25, 0.3) is 0 Å². The predicted molar refractivity (Wildman–Crippen MR) is 115 cm³/mol. The minimum atomic E-state index is -0.810. The Morgan fingerprint density at radius 2 is 1.80 bits per heavy atom. The molecule has 2 N–H and O–H groups in total. The number of piperidine rings is 1. The molecule has 2 heterocycles. The molecule has 7 heteroatoms. The van der Waals surface area contributed by atoms with Crippen molar-refractivity contribution in [1.82, 2.24) is 25.2 Å². The van der Waals surface area contributed by atoms with E-state index < -0.39 is 5.60 Å². The molecule has 4 rings (SSSR count). The van der Waals surface area contributed by atoms with E-state index in [0.29, 0.717) is 25.1 Å². The van der Waals surface area contributed by atoms with Crippen LogP contribution in [0, 0.1) is 0 Å². The molecule has 0 spiro atoms. The highest BCUT2D eigenvalue weighted by molar-refractivity contribution is 5.92. The molecule has 0 radical (unpaired) electrons. The second-order valence-corrected chi connectivity index (χ2v) is 8.95. The zero-order chi connectivity index (χ0) is 20.8. The Labute approximate surface area is 178 Å². The second kappa shape index (κ2) is 9.71. The van der Waals surface area contributed by atoms with Gasteiger partial charge in [-0.15, -0.1) is 5.10 Å². The lowest BCUT2D eigenvalue weighted by molar-refractivity contribution is -0.0383. The number of carbonyl (C=O) groups is 1. The normalized spacial score (nSPS) is 20.6. The predicted octanol–water partition coefficient (Wildman–Crippen LogP) is 2.76. The van der Waals surface area contributed by atoms with Gasteiger partial charge in [-0.25, -0.2) is 4.68 Å². The number of nitrogens with zero attached hydrogens (tertiary/aromatic N) is 4. The molecule has 1 aromatic carbocycles. The number of hydrogen-bond acceptors (Lipinski definition) is 5. The van der Waals surface area contributed by atoms with E-state index in [1.54, 1.807) is 10.9 Å². The van der Waals surface area contributed by atoms with Gasteiger partial charge in [-0.2, -0.15) is 0 Å². The Bertz CT molecular complexity index is 806. The van der Waals surface area contributed by atoms with Crippen LogP contribution in [0.3, 0.4) is 0 Å². The highest BCUT2D eigenvalue weighted by Gasteiger charge is 2.33. The molecule has 1 amide bonds. The lowest BCUT2D eigenvalue weighted by Crippen LogP contribution is -2.46. The number of benzene rings is 1. The minimum absolute atomic E-state index is 0.155. The topological polar surface area (TPSA) is 83.3 Å². The number of rotatable bonds is 6. The van der Waals surface area contributed by atoms with E-state index in [1.165, 1.54) is 31.2 Å². The number of likely N-dealkylation sites (tertiary alicyclic amines) is 1. The third-order valence-electron chi connectivity index (χ3n) is 6.45. The molecule has 162 valence electrons. The van der Waals surface area contributed by atoms with Crippen molar-refractivity contribution < 1.29 is 9.90 Å². The van der Waals surface area contributed by atoms with Crippen LogP contribution in [0.1, 0.15) is 67.4 Å². The van der Waals surface area contributed by atoms with Crippen LogP contribution in [0.5, 0.6) is 0 Å². The van der Waals surface area contributed by atoms with Crippen molar-refractivity contribution in [2.45, 2.75) is 76.1 Å². The van der Waals surface area contributed by atoms with Gasteiger partial charge in [-0.3, -0.25) is 9.69 Å². The van der Waals surface area contributed by atoms with Gasteiger partial charge in [0.25, 0.3) is 5.91 Å². The minimum Gasteiger partial charge on any atom is -0.388 e. The molecule has 2 aromatic rings. The van der Waals surface area contributed by atoms with E-state index in [9.17, 15) is 9.90 Å². The summed E-state index contributed by atoms with van der Waals surface area (Å²) in [5, 5.41) is 22.3. The summed E-state index contributed by atoms with van der Waals surface area (Å²) in [4.78, 5) is 14.9. The van der Waals surface area contributed by atoms with Crippen LogP contribution in [0.2, 0.25) is 0 Å². The molecule has 30 heavy (non-hydrogen) atoms. The second-order valence-electron chi connectivity index (χ2n) is 8.95. The van der Waals surface area contributed by atoms with Crippen LogP contribution in [-0.4, -0.2) is 55.6 Å². The SMILES string of the molecule is O=C(NC1CCCCCC1)c1cn(CC2(O)CCN(Cc3ccccc3)CC2)nn1. The first kappa shape index (κ1) is 21.0. The molecule has 0 atom stereocenters. The van der Waals surface area contributed by atoms with Crippen molar-refractivity contribution in [3.05, 3.63) is 47.8 Å². The molecule has 1 aliphatic carbocycles. The summed E-state index contributed by atoms with van der Waals surface area (Å²) in [6.45, 7) is 2.96. The smallest absolute Gasteiger partial charge is 0.273 e. The van der Waals surface area contributed by atoms with Crippen molar-refractivity contribution in [2.75, 3.05) is 13.1 Å². The standard InChI is InChI=1S/C23H33N5O2/c29-22(24-20-10-6-1-2-7-11-20)21-17-28(26-25-21)18-23(30)12-14-27(15-13-23)16-19-8-4-3-5-9-19/h3-5,8-9,17,20,30H,1-2,6-7,10-16,18H2,(H,24,29). The highest BCUT2D eigenvalue weighted by Crippen LogP contribution is 2.25. The molecule has 0 unspecified atom stereocenters. The summed E-state index contributed by atoms with van der Waals surface area (Å²) < 4.78 is 1.62. The largest absolute Gasteiger partial charge is 0.388 e. The van der Waals surface area contributed by atoms with Gasteiger partial charge < -0.3 is 10.4 Å². The molecule has 1 saturated carbocycles. The fraction of sp³-hybridized carbons (Fsp3) is 0.609. The van der Waals surface area contributed by atoms with Gasteiger partial charge in [-0.05, 0) is 31.2 Å². The van der Waals surface area contributed by atoms with Crippen molar-refractivity contribution >= 4 is 5.91 Å². The third-order valence-corrected chi connectivity index (χ3v) is 6.45. The summed E-state index contributed by atoms with van der Waals surface area (Å²) in [6.07, 6.45) is 9.97. The van der Waals surface area contributed by atoms with Gasteiger partial charge in [0.15, 0.2) is 5.69 Å². The van der Waals surface area contributed by atoms with E-state index in [0.717, 1.165) is 32.5 Å². The molecule has 2 fully saturated rings. The van der Waals surface area contributed by atoms with E-state index in [2.05, 4.69) is 44.8 Å². The van der Waals surface area contributed by atoms with Gasteiger partial charge in [-0.1, -0.05) is 61.2 Å². The van der Waals surface area contributed by atoms with Crippen LogP contribution in [-0.2, 0) is 13.1 Å². The molecule has 0 bridgehead atoms. The monoisotopic (exact) mass is 411 g/mol. The molecule has 7 nitrogen and oxygen atoms in total. The van der Waals surface area contributed by atoms with Crippen molar-refractivity contribution in [2.24, 2.45) is 0 Å². The molecule has 1 aliphatic heterocycles. The first-order valence-electron chi connectivity index (χ1n) is 11.3. The molecule has 1 saturated heterocycles. The fourth-order valence-corrected chi connectivity index (χ4v) is 4.59. The van der Waals surface area contributed by atoms with Crippen molar-refractivity contribution in [1.29, 1.82) is 0 Å². The van der Waals surface area contributed by atoms with Gasteiger partial charge in [0, 0.05) is 25.7 Å². The lowest BCUT2D eigenvalue weighted by Gasteiger charge is -2.38. The number of hydrogen-bond donors (Lipinski definition) is 2. The van der Waals surface area contributed by atoms with Gasteiger partial charge in [0.2, 0.25) is 0 Å². The Kier molecular flexibility index (Phi) is 6.79. The first-order valence-corrected chi connectivity index (χ1v) is 11.3. The third kappa shape index (κ3) is 5.67. The van der Waals surface area contributed by atoms with Crippen molar-refractivity contribution in [3.63, 3.8) is 0 Å². The number of aliphatic hydroxyl groups is 1. The maximum atomic E-state index is 12.5. The van der Waals surface area contributed by atoms with E-state index in [-0.39, 0.29) is 11.9 Å². The lowest BCUT2D eigenvalue weighted by atomic mass is 9.91. The quantitative estimate of drug-likeness (QED) is 0.714. The van der Waals surface area contributed by atoms with Crippen LogP contribution in [0.15, 0.2) is 36.5 Å². The highest BCUT2D eigenvalue weighted by atomic mass is 16.3. The molecule has 1 aromatic heterocycles. The van der Waals surface area contributed by atoms with Gasteiger partial charge >= 0.3 is 0 Å². The fourth-order valence-electron chi connectivity index (χ4n) is 4.59. The molecular formula is C23H33N5O2. The zero-order valence-electron chi connectivity index (χ0n) is 17.7. The average molecular weight is 412 g/mol. The number of carbonyl (C=O) groups excluding carboxylic acids is 1. The van der Waals surface area contributed by atoms with Gasteiger partial charge in [0.1, 0.15) is 0 Å². The van der Waals surface area contributed by atoms with Crippen LogP contribution < -0.4 is 5.32 Å². The number of nitrogens with one attached hydrogen (secondary N) is 1. The van der Waals surface area contributed by atoms with E-state index in [1.807, 2.05) is 6.07 Å². The summed E-state index contributed by atoms with van der Waals surface area (Å²) in [7, 11) is 0. The summed E-state index contributed by atoms with van der Waals surface area (Å²) in [6, 6.07) is 10.7. The van der Waals surface area contributed by atoms with E-state index in [4.69, 9.17) is 0 Å². The Balaban J connectivity index is 1.27. The van der Waals surface area contributed by atoms with Gasteiger partial charge in [0.05, 0.1) is 18.3 Å². The van der Waals surface area contributed by atoms with E-state index >= 15 is 0 Å². The van der Waals surface area contributed by atoms with Crippen LogP contribution >= 0.6 is 0 Å². The summed E-state index contributed by atoms with van der Waals surface area (Å²) in [5.74, 6) is -0.155. The summed E-state index contributed by atoms with van der Waals surface area (Å²) in [5.41, 5.74) is 0.823. The number of amides is 1. The maximum Gasteiger partial charge on any atom is 0.273 e. The van der Waals surface area contributed by atoms with Crippen molar-refractivity contribution in [3.8, 4) is 0 Å². The molecular weight excluding hydrogens is 378 g/mol.